The maximum absolute atomic E-state index is 13.6. The fourth-order valence-corrected chi connectivity index (χ4v) is 5.25. The fraction of sp³-hybridized carbons (Fsp3) is 0.379. The van der Waals surface area contributed by atoms with Gasteiger partial charge in [0.1, 0.15) is 11.6 Å². The molecule has 0 bridgehead atoms. The number of halogens is 4. The van der Waals surface area contributed by atoms with E-state index in [2.05, 4.69) is 24.7 Å². The van der Waals surface area contributed by atoms with E-state index in [1.54, 1.807) is 12.4 Å². The highest BCUT2D eigenvalue weighted by atomic mass is 35.5. The Labute approximate surface area is 236 Å². The molecule has 2 fully saturated rings. The average Bonchev–Trinajstić information content (AvgIpc) is 2.93. The van der Waals surface area contributed by atoms with Crippen LogP contribution in [0.15, 0.2) is 72.6 Å². The molecule has 38 heavy (non-hydrogen) atoms. The van der Waals surface area contributed by atoms with Crippen molar-refractivity contribution in [2.24, 2.45) is 0 Å². The van der Waals surface area contributed by atoms with Gasteiger partial charge in [0.15, 0.2) is 0 Å². The SMILES string of the molecule is Cl.Cl.Fc1ccc(C(=C2CCN(CCCN3CCN(c4ncccn4)CC3)CC2)c2ccc(F)cc2)cc1. The van der Waals surface area contributed by atoms with Gasteiger partial charge in [0.2, 0.25) is 5.95 Å². The largest absolute Gasteiger partial charge is 0.338 e. The molecule has 3 heterocycles. The summed E-state index contributed by atoms with van der Waals surface area (Å²) in [7, 11) is 0. The van der Waals surface area contributed by atoms with Gasteiger partial charge in [0, 0.05) is 51.7 Å². The molecule has 0 radical (unpaired) electrons. The van der Waals surface area contributed by atoms with Crippen molar-refractivity contribution in [3.05, 3.63) is 95.3 Å². The quantitative estimate of drug-likeness (QED) is 0.369. The molecule has 2 saturated heterocycles. The smallest absolute Gasteiger partial charge is 0.225 e. The van der Waals surface area contributed by atoms with E-state index >= 15 is 0 Å². The molecule has 5 rings (SSSR count). The topological polar surface area (TPSA) is 35.5 Å². The minimum atomic E-state index is -0.244. The van der Waals surface area contributed by atoms with Gasteiger partial charge in [-0.2, -0.15) is 0 Å². The van der Waals surface area contributed by atoms with Crippen LogP contribution in [0.4, 0.5) is 14.7 Å². The Balaban J connectivity index is 0.00000200. The zero-order valence-electron chi connectivity index (χ0n) is 21.4. The number of likely N-dealkylation sites (tertiary alicyclic amines) is 1. The van der Waals surface area contributed by atoms with Gasteiger partial charge in [-0.05, 0) is 79.4 Å². The second-order valence-corrected chi connectivity index (χ2v) is 9.57. The summed E-state index contributed by atoms with van der Waals surface area (Å²) in [6.45, 7) is 8.26. The molecule has 1 aromatic heterocycles. The Hall–Kier alpha value is -2.58. The molecule has 0 atom stereocenters. The van der Waals surface area contributed by atoms with Gasteiger partial charge < -0.3 is 9.80 Å². The Morgan fingerprint density at radius 2 is 1.13 bits per heavy atom. The first-order chi connectivity index (χ1) is 17.7. The van der Waals surface area contributed by atoms with Crippen LogP contribution in [0.1, 0.15) is 30.4 Å². The van der Waals surface area contributed by atoms with E-state index in [-0.39, 0.29) is 36.4 Å². The van der Waals surface area contributed by atoms with E-state index in [1.807, 2.05) is 30.3 Å². The molecule has 0 amide bonds. The van der Waals surface area contributed by atoms with Crippen molar-refractivity contribution in [2.45, 2.75) is 19.3 Å². The van der Waals surface area contributed by atoms with Crippen molar-refractivity contribution in [3.8, 4) is 0 Å². The molecular weight excluding hydrogens is 527 g/mol. The molecule has 0 aliphatic carbocycles. The van der Waals surface area contributed by atoms with Gasteiger partial charge in [0.05, 0.1) is 0 Å². The molecule has 2 aliphatic heterocycles. The van der Waals surface area contributed by atoms with Crippen molar-refractivity contribution in [2.75, 3.05) is 57.3 Å². The van der Waals surface area contributed by atoms with Crippen molar-refractivity contribution < 1.29 is 8.78 Å². The summed E-state index contributed by atoms with van der Waals surface area (Å²) in [5, 5.41) is 0. The van der Waals surface area contributed by atoms with Gasteiger partial charge in [-0.3, -0.25) is 4.90 Å². The van der Waals surface area contributed by atoms with Crippen LogP contribution < -0.4 is 4.90 Å². The molecule has 3 aromatic rings. The molecule has 0 unspecified atom stereocenters. The van der Waals surface area contributed by atoms with Gasteiger partial charge in [-0.1, -0.05) is 29.8 Å². The number of piperazine rings is 1. The molecule has 9 heteroatoms. The lowest BCUT2D eigenvalue weighted by atomic mass is 9.88. The van der Waals surface area contributed by atoms with Crippen molar-refractivity contribution in [3.63, 3.8) is 0 Å². The number of nitrogens with zero attached hydrogens (tertiary/aromatic N) is 5. The van der Waals surface area contributed by atoms with Crippen LogP contribution >= 0.6 is 24.8 Å². The highest BCUT2D eigenvalue weighted by Gasteiger charge is 2.21. The molecule has 0 saturated carbocycles. The van der Waals surface area contributed by atoms with E-state index < -0.39 is 0 Å². The first kappa shape index (κ1) is 30.0. The van der Waals surface area contributed by atoms with Crippen molar-refractivity contribution in [1.82, 2.24) is 19.8 Å². The number of rotatable bonds is 7. The lowest BCUT2D eigenvalue weighted by molar-refractivity contribution is 0.211. The summed E-state index contributed by atoms with van der Waals surface area (Å²) in [6.07, 6.45) is 6.70. The van der Waals surface area contributed by atoms with Crippen LogP contribution in [0.3, 0.4) is 0 Å². The lowest BCUT2D eigenvalue weighted by Gasteiger charge is -2.35. The summed E-state index contributed by atoms with van der Waals surface area (Å²) in [5.74, 6) is 0.341. The Bertz CT molecular complexity index is 1090. The van der Waals surface area contributed by atoms with Crippen LogP contribution in [0.5, 0.6) is 0 Å². The standard InChI is InChI=1S/C29H33F2N5.2ClH/c30-26-7-3-23(4-8-26)28(24-5-9-27(31)10-6-24)25-11-17-34(18-12-25)15-2-16-35-19-21-36(22-20-35)29-32-13-1-14-33-29;;/h1,3-10,13-14H,2,11-12,15-22H2;2*1H. The zero-order chi connectivity index (χ0) is 24.7. The molecule has 0 N–H and O–H groups in total. The maximum atomic E-state index is 13.6. The fourth-order valence-electron chi connectivity index (χ4n) is 5.25. The monoisotopic (exact) mass is 561 g/mol. The van der Waals surface area contributed by atoms with E-state index in [0.29, 0.717) is 0 Å². The third kappa shape index (κ3) is 7.73. The van der Waals surface area contributed by atoms with E-state index in [4.69, 9.17) is 0 Å². The number of hydrogen-bond donors (Lipinski definition) is 0. The van der Waals surface area contributed by atoms with E-state index in [0.717, 1.165) is 94.3 Å². The molecule has 2 aliphatic rings. The highest BCUT2D eigenvalue weighted by Crippen LogP contribution is 2.32. The molecule has 0 spiro atoms. The van der Waals surface area contributed by atoms with Crippen molar-refractivity contribution >= 4 is 36.3 Å². The highest BCUT2D eigenvalue weighted by molar-refractivity contribution is 5.85. The van der Waals surface area contributed by atoms with E-state index in [1.165, 1.54) is 29.8 Å². The predicted molar refractivity (Wildman–Crippen MR) is 154 cm³/mol. The first-order valence-corrected chi connectivity index (χ1v) is 12.9. The van der Waals surface area contributed by atoms with Gasteiger partial charge in [0.25, 0.3) is 0 Å². The van der Waals surface area contributed by atoms with E-state index in [9.17, 15) is 8.78 Å². The number of benzene rings is 2. The Morgan fingerprint density at radius 3 is 1.63 bits per heavy atom. The van der Waals surface area contributed by atoms with Gasteiger partial charge >= 0.3 is 0 Å². The second-order valence-electron chi connectivity index (χ2n) is 9.57. The van der Waals surface area contributed by atoms with Crippen LogP contribution in [-0.4, -0.2) is 72.1 Å². The number of anilines is 1. The number of piperidine rings is 1. The summed E-state index contributed by atoms with van der Waals surface area (Å²) >= 11 is 0. The van der Waals surface area contributed by atoms with Gasteiger partial charge in [-0.25, -0.2) is 18.7 Å². The zero-order valence-corrected chi connectivity index (χ0v) is 23.1. The lowest BCUT2D eigenvalue weighted by Crippen LogP contribution is -2.47. The number of hydrogen-bond acceptors (Lipinski definition) is 5. The maximum Gasteiger partial charge on any atom is 0.225 e. The van der Waals surface area contributed by atoms with Crippen LogP contribution in [0.25, 0.3) is 5.57 Å². The minimum absolute atomic E-state index is 0. The minimum Gasteiger partial charge on any atom is -0.338 e. The summed E-state index contributed by atoms with van der Waals surface area (Å²) in [5.41, 5.74) is 4.47. The molecule has 5 nitrogen and oxygen atoms in total. The molecule has 204 valence electrons. The Morgan fingerprint density at radius 1 is 0.658 bits per heavy atom. The summed E-state index contributed by atoms with van der Waals surface area (Å²) < 4.78 is 27.1. The van der Waals surface area contributed by atoms with Crippen LogP contribution in [-0.2, 0) is 0 Å². The summed E-state index contributed by atoms with van der Waals surface area (Å²) in [6, 6.07) is 15.2. The third-order valence-corrected chi connectivity index (χ3v) is 7.23. The summed E-state index contributed by atoms with van der Waals surface area (Å²) in [4.78, 5) is 16.1. The molecule has 2 aromatic carbocycles. The second kappa shape index (κ2) is 14.5. The molecular formula is C29H35Cl2F2N5. The van der Waals surface area contributed by atoms with Crippen molar-refractivity contribution in [1.29, 1.82) is 0 Å². The first-order valence-electron chi connectivity index (χ1n) is 12.9. The normalized spacial score (nSPS) is 16.5. The predicted octanol–water partition coefficient (Wildman–Crippen LogP) is 5.71. The average molecular weight is 563 g/mol. The number of aromatic nitrogens is 2. The Kier molecular flexibility index (Phi) is 11.5. The van der Waals surface area contributed by atoms with Crippen LogP contribution in [0, 0.1) is 11.6 Å². The third-order valence-electron chi connectivity index (χ3n) is 7.23. The van der Waals surface area contributed by atoms with Gasteiger partial charge in [-0.15, -0.1) is 24.8 Å². The van der Waals surface area contributed by atoms with Crippen LogP contribution in [0.2, 0.25) is 0 Å².